The molecule has 0 fully saturated rings. The van der Waals surface area contributed by atoms with Crippen LogP contribution in [0.25, 0.3) is 0 Å². The highest BCUT2D eigenvalue weighted by Crippen LogP contribution is 2.20. The number of esters is 1. The Hall–Kier alpha value is -1.51. The first-order valence-electron chi connectivity index (χ1n) is 6.26. The fraction of sp³-hybridized carbons (Fsp3) is 0.538. The molecule has 0 saturated heterocycles. The van der Waals surface area contributed by atoms with Crippen molar-refractivity contribution in [1.29, 1.82) is 0 Å². The van der Waals surface area contributed by atoms with Crippen molar-refractivity contribution >= 4 is 28.7 Å². The first-order chi connectivity index (χ1) is 9.55. The molecule has 1 aromatic heterocycles. The van der Waals surface area contributed by atoms with Gasteiger partial charge in [-0.1, -0.05) is 0 Å². The SMILES string of the molecule is CC(C)(C)OC(=O)C(C)(C)ON[C](C=O)c1csc(N)n1. The Labute approximate surface area is 127 Å². The second-order valence-corrected chi connectivity index (χ2v) is 6.71. The lowest BCUT2D eigenvalue weighted by Crippen LogP contribution is -2.45. The van der Waals surface area contributed by atoms with Crippen LogP contribution in [-0.2, 0) is 19.2 Å². The molecule has 8 heteroatoms. The van der Waals surface area contributed by atoms with Crippen LogP contribution in [0.3, 0.4) is 0 Å². The van der Waals surface area contributed by atoms with Gasteiger partial charge in [-0.25, -0.2) is 9.78 Å². The van der Waals surface area contributed by atoms with Gasteiger partial charge < -0.3 is 15.3 Å². The molecular formula is C13H20N3O4S. The number of nitrogen functional groups attached to an aromatic ring is 1. The van der Waals surface area contributed by atoms with E-state index in [1.165, 1.54) is 25.2 Å². The van der Waals surface area contributed by atoms with Gasteiger partial charge in [-0.3, -0.25) is 4.84 Å². The smallest absolute Gasteiger partial charge is 0.340 e. The van der Waals surface area contributed by atoms with E-state index in [-0.39, 0.29) is 6.04 Å². The number of anilines is 1. The summed E-state index contributed by atoms with van der Waals surface area (Å²) in [4.78, 5) is 32.3. The molecule has 0 aromatic carbocycles. The van der Waals surface area contributed by atoms with E-state index in [4.69, 9.17) is 15.3 Å². The molecule has 0 atom stereocenters. The molecule has 21 heavy (non-hydrogen) atoms. The molecule has 1 aromatic rings. The molecular weight excluding hydrogens is 294 g/mol. The summed E-state index contributed by atoms with van der Waals surface area (Å²) in [6, 6.07) is 0.0829. The fourth-order valence-electron chi connectivity index (χ4n) is 1.17. The standard InChI is InChI=1S/C13H20N3O4S/c1-12(2,3)19-10(18)13(4,5)20-16-8(6-17)9-7-21-11(14)15-9/h6-7,16H,1-5H3,(H2,14,15). The highest BCUT2D eigenvalue weighted by Gasteiger charge is 2.35. The monoisotopic (exact) mass is 314 g/mol. The molecule has 0 saturated carbocycles. The van der Waals surface area contributed by atoms with Crippen molar-refractivity contribution in [3.63, 3.8) is 0 Å². The lowest BCUT2D eigenvalue weighted by Gasteiger charge is -2.28. The summed E-state index contributed by atoms with van der Waals surface area (Å²) < 4.78 is 5.24. The van der Waals surface area contributed by atoms with Crippen molar-refractivity contribution in [3.8, 4) is 0 Å². The Bertz CT molecular complexity index is 508. The van der Waals surface area contributed by atoms with Crippen molar-refractivity contribution in [2.45, 2.75) is 45.8 Å². The van der Waals surface area contributed by atoms with Gasteiger partial charge in [-0.15, -0.1) is 11.3 Å². The molecule has 1 rings (SSSR count). The molecule has 0 bridgehead atoms. The van der Waals surface area contributed by atoms with Crippen molar-refractivity contribution in [3.05, 3.63) is 17.1 Å². The summed E-state index contributed by atoms with van der Waals surface area (Å²) in [5.74, 6) is -0.550. The molecule has 0 amide bonds. The average molecular weight is 314 g/mol. The van der Waals surface area contributed by atoms with Gasteiger partial charge in [0.25, 0.3) is 0 Å². The van der Waals surface area contributed by atoms with Crippen molar-refractivity contribution in [1.82, 2.24) is 10.5 Å². The molecule has 117 valence electrons. The largest absolute Gasteiger partial charge is 0.458 e. The first-order valence-corrected chi connectivity index (χ1v) is 7.14. The molecule has 0 unspecified atom stereocenters. The lowest BCUT2D eigenvalue weighted by atomic mass is 10.1. The Morgan fingerprint density at radius 3 is 2.43 bits per heavy atom. The topological polar surface area (TPSA) is 104 Å². The zero-order valence-electron chi connectivity index (χ0n) is 12.7. The normalized spacial score (nSPS) is 12.5. The Kier molecular flexibility index (Phi) is 5.43. The number of carbonyl (C=O) groups excluding carboxylic acids is 2. The number of hydrogen-bond acceptors (Lipinski definition) is 8. The van der Waals surface area contributed by atoms with E-state index < -0.39 is 17.2 Å². The predicted octanol–water partition coefficient (Wildman–Crippen LogP) is 1.45. The minimum Gasteiger partial charge on any atom is -0.458 e. The lowest BCUT2D eigenvalue weighted by molar-refractivity contribution is -0.187. The maximum atomic E-state index is 12.0. The second-order valence-electron chi connectivity index (χ2n) is 5.82. The number of aldehydes is 1. The van der Waals surface area contributed by atoms with Gasteiger partial charge in [0.1, 0.15) is 5.60 Å². The zero-order valence-corrected chi connectivity index (χ0v) is 13.5. The van der Waals surface area contributed by atoms with Crippen molar-refractivity contribution in [2.24, 2.45) is 0 Å². The number of nitrogens with two attached hydrogens (primary N) is 1. The number of hydroxylamine groups is 1. The highest BCUT2D eigenvalue weighted by molar-refractivity contribution is 7.13. The van der Waals surface area contributed by atoms with E-state index >= 15 is 0 Å². The number of rotatable bonds is 6. The van der Waals surface area contributed by atoms with E-state index in [0.717, 1.165) is 0 Å². The van der Waals surface area contributed by atoms with Crippen LogP contribution in [0, 0.1) is 6.04 Å². The number of aromatic nitrogens is 1. The maximum Gasteiger partial charge on any atom is 0.340 e. The molecule has 7 nitrogen and oxygen atoms in total. The van der Waals surface area contributed by atoms with E-state index in [1.807, 2.05) is 0 Å². The van der Waals surface area contributed by atoms with Crippen LogP contribution in [0.5, 0.6) is 0 Å². The number of nitrogens with zero attached hydrogens (tertiary/aromatic N) is 1. The predicted molar refractivity (Wildman–Crippen MR) is 79.1 cm³/mol. The van der Waals surface area contributed by atoms with Gasteiger partial charge >= 0.3 is 5.97 Å². The van der Waals surface area contributed by atoms with Crippen LogP contribution in [0.2, 0.25) is 0 Å². The summed E-state index contributed by atoms with van der Waals surface area (Å²) >= 11 is 1.20. The molecule has 3 N–H and O–H groups in total. The summed E-state index contributed by atoms with van der Waals surface area (Å²) in [5.41, 5.74) is 6.40. The molecule has 0 spiro atoms. The van der Waals surface area contributed by atoms with Crippen LogP contribution in [0.1, 0.15) is 40.3 Å². The quantitative estimate of drug-likeness (QED) is 0.465. The molecule has 1 heterocycles. The second kappa shape index (κ2) is 6.50. The van der Waals surface area contributed by atoms with Crippen LogP contribution in [0.15, 0.2) is 5.38 Å². The van der Waals surface area contributed by atoms with E-state index in [1.54, 1.807) is 26.2 Å². The summed E-state index contributed by atoms with van der Waals surface area (Å²) in [6.07, 6.45) is 0.541. The maximum absolute atomic E-state index is 12.0. The van der Waals surface area contributed by atoms with Crippen LogP contribution in [-0.4, -0.2) is 28.4 Å². The number of nitrogens with one attached hydrogen (secondary N) is 1. The van der Waals surface area contributed by atoms with Gasteiger partial charge in [-0.05, 0) is 34.6 Å². The van der Waals surface area contributed by atoms with Gasteiger partial charge in [0.15, 0.2) is 23.1 Å². The first kappa shape index (κ1) is 17.5. The number of carbonyl (C=O) groups is 2. The van der Waals surface area contributed by atoms with Crippen molar-refractivity contribution in [2.75, 3.05) is 5.73 Å². The van der Waals surface area contributed by atoms with Gasteiger partial charge in [0, 0.05) is 5.38 Å². The number of ether oxygens (including phenoxy) is 1. The van der Waals surface area contributed by atoms with Gasteiger partial charge in [-0.2, -0.15) is 5.48 Å². The molecule has 0 aliphatic carbocycles. The van der Waals surface area contributed by atoms with Crippen LogP contribution in [0.4, 0.5) is 5.13 Å². The number of thiazole rings is 1. The Morgan fingerprint density at radius 2 is 2.00 bits per heavy atom. The minimum absolute atomic E-state index is 0.0829. The summed E-state index contributed by atoms with van der Waals surface area (Å²) in [5, 5.41) is 1.94. The third-order valence-corrected chi connectivity index (χ3v) is 2.90. The third kappa shape index (κ3) is 5.41. The average Bonchev–Trinajstić information content (AvgIpc) is 2.74. The molecule has 0 aliphatic rings. The zero-order chi connectivity index (χ0) is 16.3. The van der Waals surface area contributed by atoms with Gasteiger partial charge in [0.2, 0.25) is 0 Å². The Morgan fingerprint density at radius 1 is 1.38 bits per heavy atom. The Balaban J connectivity index is 2.66. The van der Waals surface area contributed by atoms with Crippen LogP contribution >= 0.6 is 11.3 Å². The minimum atomic E-state index is -1.27. The number of hydrogen-bond donors (Lipinski definition) is 2. The highest BCUT2D eigenvalue weighted by atomic mass is 32.1. The van der Waals surface area contributed by atoms with E-state index in [0.29, 0.717) is 17.1 Å². The van der Waals surface area contributed by atoms with E-state index in [9.17, 15) is 9.59 Å². The summed E-state index contributed by atoms with van der Waals surface area (Å²) in [6.45, 7) is 8.35. The van der Waals surface area contributed by atoms with Gasteiger partial charge in [0.05, 0.1) is 5.69 Å². The third-order valence-electron chi connectivity index (χ3n) is 2.22. The molecule has 0 aliphatic heterocycles. The summed E-state index contributed by atoms with van der Waals surface area (Å²) in [7, 11) is 0. The van der Waals surface area contributed by atoms with Crippen molar-refractivity contribution < 1.29 is 19.2 Å². The van der Waals surface area contributed by atoms with E-state index in [2.05, 4.69) is 10.5 Å². The fourth-order valence-corrected chi connectivity index (χ4v) is 1.74. The van der Waals surface area contributed by atoms with Crippen LogP contribution < -0.4 is 11.2 Å². The molecule has 1 radical (unpaired) electrons.